The summed E-state index contributed by atoms with van der Waals surface area (Å²) >= 11 is 1.60. The van der Waals surface area contributed by atoms with Gasteiger partial charge in [0.2, 0.25) is 5.91 Å². The molecule has 1 aromatic carbocycles. The van der Waals surface area contributed by atoms with Crippen LogP contribution in [0.2, 0.25) is 0 Å². The summed E-state index contributed by atoms with van der Waals surface area (Å²) in [7, 11) is 0. The summed E-state index contributed by atoms with van der Waals surface area (Å²) in [5, 5.41) is 15.1. The quantitative estimate of drug-likeness (QED) is 0.659. The summed E-state index contributed by atoms with van der Waals surface area (Å²) in [6, 6.07) is 10.6. The molecule has 2 atom stereocenters. The number of hydrogen-bond donors (Lipinski definition) is 2. The molecule has 1 fully saturated rings. The topological polar surface area (TPSA) is 94.5 Å². The molecule has 0 aliphatic carbocycles. The Hall–Kier alpha value is -2.24. The predicted molar refractivity (Wildman–Crippen MR) is 119 cm³/mol. The first-order chi connectivity index (χ1) is 14.3. The molecule has 0 bridgehead atoms. The molecule has 2 N–H and O–H groups in total. The van der Waals surface area contributed by atoms with Crippen molar-refractivity contribution in [2.75, 3.05) is 32.1 Å². The van der Waals surface area contributed by atoms with Gasteiger partial charge in [-0.2, -0.15) is 17.0 Å². The van der Waals surface area contributed by atoms with Crippen LogP contribution in [-0.4, -0.2) is 61.0 Å². The molecule has 1 aromatic rings. The predicted octanol–water partition coefficient (Wildman–Crippen LogP) is 2.77. The van der Waals surface area contributed by atoms with Crippen molar-refractivity contribution >= 4 is 23.7 Å². The molecule has 2 rings (SSSR count). The summed E-state index contributed by atoms with van der Waals surface area (Å²) in [6.07, 6.45) is 0.476. The van der Waals surface area contributed by atoms with E-state index in [1.165, 1.54) is 5.56 Å². The lowest BCUT2D eigenvalue weighted by atomic mass is 9.87. The Morgan fingerprint density at radius 2 is 1.87 bits per heavy atom. The van der Waals surface area contributed by atoms with E-state index in [1.807, 2.05) is 51.1 Å². The highest BCUT2D eigenvalue weighted by molar-refractivity contribution is 7.98. The van der Waals surface area contributed by atoms with Crippen molar-refractivity contribution in [1.82, 2.24) is 15.5 Å². The van der Waals surface area contributed by atoms with Crippen molar-refractivity contribution in [3.05, 3.63) is 35.9 Å². The minimum absolute atomic E-state index is 0.162. The summed E-state index contributed by atoms with van der Waals surface area (Å²) in [6.45, 7) is 8.07. The van der Waals surface area contributed by atoms with Gasteiger partial charge in [0.25, 0.3) is 0 Å². The van der Waals surface area contributed by atoms with Gasteiger partial charge in [-0.3, -0.25) is 4.79 Å². The minimum atomic E-state index is -0.699. The molecule has 1 aliphatic heterocycles. The Labute approximate surface area is 183 Å². The lowest BCUT2D eigenvalue weighted by Gasteiger charge is -2.31. The van der Waals surface area contributed by atoms with Crippen LogP contribution in [0.25, 0.3) is 0 Å². The summed E-state index contributed by atoms with van der Waals surface area (Å²) < 4.78 is 5.28. The van der Waals surface area contributed by atoms with Crippen molar-refractivity contribution < 1.29 is 14.3 Å². The van der Waals surface area contributed by atoms with E-state index in [1.54, 1.807) is 16.7 Å². The molecule has 3 amide bonds. The van der Waals surface area contributed by atoms with E-state index in [4.69, 9.17) is 4.74 Å². The van der Waals surface area contributed by atoms with E-state index in [-0.39, 0.29) is 17.4 Å². The van der Waals surface area contributed by atoms with E-state index in [9.17, 15) is 14.9 Å². The summed E-state index contributed by atoms with van der Waals surface area (Å²) in [5.41, 5.74) is 1.01. The number of benzene rings is 1. The van der Waals surface area contributed by atoms with E-state index < -0.39 is 12.1 Å². The van der Waals surface area contributed by atoms with Crippen LogP contribution in [-0.2, 0) is 15.3 Å². The van der Waals surface area contributed by atoms with Crippen molar-refractivity contribution in [1.29, 1.82) is 5.26 Å². The zero-order valence-electron chi connectivity index (χ0n) is 18.0. The smallest absolute Gasteiger partial charge is 0.318 e. The fourth-order valence-corrected chi connectivity index (χ4v) is 4.02. The highest BCUT2D eigenvalue weighted by Crippen LogP contribution is 2.21. The molecular formula is C22H32N4O3S. The zero-order valence-corrected chi connectivity index (χ0v) is 18.8. The monoisotopic (exact) mass is 432 g/mol. The van der Waals surface area contributed by atoms with Crippen LogP contribution in [0.1, 0.15) is 32.8 Å². The molecule has 0 radical (unpaired) electrons. The van der Waals surface area contributed by atoms with Crippen LogP contribution < -0.4 is 10.6 Å². The number of ether oxygens (including phenoxy) is 1. The second kappa shape index (κ2) is 11.8. The summed E-state index contributed by atoms with van der Waals surface area (Å²) in [4.78, 5) is 27.2. The molecule has 0 saturated carbocycles. The first kappa shape index (κ1) is 24.0. The maximum Gasteiger partial charge on any atom is 0.318 e. The Balaban J connectivity index is 1.92. The number of nitrogens with zero attached hydrogens (tertiary/aromatic N) is 2. The van der Waals surface area contributed by atoms with Crippen LogP contribution >= 0.6 is 11.8 Å². The van der Waals surface area contributed by atoms with Crippen molar-refractivity contribution in [2.45, 2.75) is 45.0 Å². The lowest BCUT2D eigenvalue weighted by molar-refractivity contribution is -0.124. The molecular weight excluding hydrogens is 400 g/mol. The molecule has 0 aromatic heterocycles. The molecule has 2 unspecified atom stereocenters. The number of thioether (sulfide) groups is 1. The van der Waals surface area contributed by atoms with Crippen LogP contribution in [0.5, 0.6) is 0 Å². The van der Waals surface area contributed by atoms with Crippen LogP contribution in [0.15, 0.2) is 30.3 Å². The van der Waals surface area contributed by atoms with Crippen molar-refractivity contribution in [3.63, 3.8) is 0 Å². The number of hydrogen-bond acceptors (Lipinski definition) is 5. The van der Waals surface area contributed by atoms with Gasteiger partial charge >= 0.3 is 6.03 Å². The number of nitriles is 1. The highest BCUT2D eigenvalue weighted by Gasteiger charge is 2.30. The van der Waals surface area contributed by atoms with Gasteiger partial charge in [-0.25, -0.2) is 4.79 Å². The number of rotatable bonds is 8. The van der Waals surface area contributed by atoms with Gasteiger partial charge in [0.1, 0.15) is 12.1 Å². The molecule has 8 heteroatoms. The molecule has 164 valence electrons. The maximum absolute atomic E-state index is 12.9. The Morgan fingerprint density at radius 1 is 1.20 bits per heavy atom. The molecule has 1 heterocycles. The fraction of sp³-hybridized carbons (Fsp3) is 0.591. The minimum Gasteiger partial charge on any atom is -0.378 e. The average molecular weight is 433 g/mol. The maximum atomic E-state index is 12.9. The Bertz CT molecular complexity index is 724. The third-order valence-corrected chi connectivity index (χ3v) is 5.70. The van der Waals surface area contributed by atoms with Gasteiger partial charge in [0.05, 0.1) is 19.3 Å². The van der Waals surface area contributed by atoms with E-state index in [0.29, 0.717) is 38.5 Å². The second-order valence-corrected chi connectivity index (χ2v) is 9.59. The lowest BCUT2D eigenvalue weighted by Crippen LogP contribution is -2.55. The van der Waals surface area contributed by atoms with Crippen LogP contribution in [0.4, 0.5) is 4.79 Å². The number of urea groups is 1. The number of carbonyl (C=O) groups is 2. The van der Waals surface area contributed by atoms with E-state index in [0.717, 1.165) is 5.75 Å². The van der Waals surface area contributed by atoms with Gasteiger partial charge in [-0.05, 0) is 17.4 Å². The standard InChI is InChI=1S/C22H32N4O3S/c1-22(2,3)13-19(25-21(28)26-9-11-29-12-10-26)20(27)24-18(14-23)16-30-15-17-7-5-4-6-8-17/h4-8,18-19H,9-13,15-16H2,1-3H3,(H,24,27)(H,25,28). The fourth-order valence-electron chi connectivity index (χ4n) is 3.08. The normalized spacial score (nSPS) is 16.3. The van der Waals surface area contributed by atoms with Crippen molar-refractivity contribution in [2.24, 2.45) is 5.41 Å². The van der Waals surface area contributed by atoms with Gasteiger partial charge in [0, 0.05) is 24.6 Å². The number of morpholine rings is 1. The molecule has 0 spiro atoms. The molecule has 1 saturated heterocycles. The molecule has 7 nitrogen and oxygen atoms in total. The Morgan fingerprint density at radius 3 is 2.47 bits per heavy atom. The van der Waals surface area contributed by atoms with Gasteiger partial charge in [-0.15, -0.1) is 0 Å². The largest absolute Gasteiger partial charge is 0.378 e. The SMILES string of the molecule is CC(C)(C)CC(NC(=O)N1CCOCC1)C(=O)NC(C#N)CSCc1ccccc1. The number of amides is 3. The number of nitrogens with one attached hydrogen (secondary N) is 2. The van der Waals surface area contributed by atoms with E-state index >= 15 is 0 Å². The molecule has 1 aliphatic rings. The van der Waals surface area contributed by atoms with E-state index in [2.05, 4.69) is 16.7 Å². The van der Waals surface area contributed by atoms with Crippen LogP contribution in [0, 0.1) is 16.7 Å². The van der Waals surface area contributed by atoms with Gasteiger partial charge in [-0.1, -0.05) is 51.1 Å². The zero-order chi connectivity index (χ0) is 22.0. The third-order valence-electron chi connectivity index (χ3n) is 4.60. The van der Waals surface area contributed by atoms with Crippen molar-refractivity contribution in [3.8, 4) is 6.07 Å². The first-order valence-corrected chi connectivity index (χ1v) is 11.4. The van der Waals surface area contributed by atoms with Gasteiger partial charge in [0.15, 0.2) is 0 Å². The third kappa shape index (κ3) is 8.64. The average Bonchev–Trinajstić information content (AvgIpc) is 2.72. The Kier molecular flexibility index (Phi) is 9.47. The first-order valence-electron chi connectivity index (χ1n) is 10.2. The highest BCUT2D eigenvalue weighted by atomic mass is 32.2. The molecule has 30 heavy (non-hydrogen) atoms. The van der Waals surface area contributed by atoms with Gasteiger partial charge < -0.3 is 20.3 Å². The van der Waals surface area contributed by atoms with Crippen LogP contribution in [0.3, 0.4) is 0 Å². The number of carbonyl (C=O) groups excluding carboxylic acids is 2. The summed E-state index contributed by atoms with van der Waals surface area (Å²) in [5.74, 6) is 0.934. The second-order valence-electron chi connectivity index (χ2n) is 8.56.